The number of carbonyl (C=O) groups is 1. The molecule has 118 valence electrons. The zero-order valence-corrected chi connectivity index (χ0v) is 13.2. The molecule has 0 fully saturated rings. The Morgan fingerprint density at radius 2 is 2.00 bits per heavy atom. The van der Waals surface area contributed by atoms with Gasteiger partial charge in [-0.3, -0.25) is 4.79 Å². The van der Waals surface area contributed by atoms with Gasteiger partial charge in [0, 0.05) is 36.1 Å². The zero-order valence-electron chi connectivity index (χ0n) is 13.2. The van der Waals surface area contributed by atoms with Gasteiger partial charge in [0.05, 0.1) is 17.8 Å². The van der Waals surface area contributed by atoms with Crippen LogP contribution in [-0.2, 0) is 11.3 Å². The minimum absolute atomic E-state index is 0.210. The Bertz CT molecular complexity index is 963. The minimum atomic E-state index is -0.210. The van der Waals surface area contributed by atoms with Crippen LogP contribution in [0.1, 0.15) is 23.6 Å². The summed E-state index contributed by atoms with van der Waals surface area (Å²) in [6, 6.07) is 17.8. The second kappa shape index (κ2) is 6.80. The van der Waals surface area contributed by atoms with Crippen molar-refractivity contribution >= 4 is 23.0 Å². The van der Waals surface area contributed by atoms with Crippen molar-refractivity contribution in [3.63, 3.8) is 0 Å². The molecule has 1 aromatic heterocycles. The Labute approximate surface area is 139 Å². The second-order valence-corrected chi connectivity index (χ2v) is 5.42. The van der Waals surface area contributed by atoms with E-state index >= 15 is 0 Å². The van der Waals surface area contributed by atoms with Gasteiger partial charge in [-0.2, -0.15) is 10.4 Å². The maximum Gasteiger partial charge on any atom is 0.236 e. The summed E-state index contributed by atoms with van der Waals surface area (Å²) in [6.45, 7) is 2.01. The summed E-state index contributed by atoms with van der Waals surface area (Å²) in [4.78, 5) is 11.0. The van der Waals surface area contributed by atoms with Crippen LogP contribution in [0.2, 0.25) is 0 Å². The van der Waals surface area contributed by atoms with Crippen molar-refractivity contribution in [2.45, 2.75) is 13.5 Å². The lowest BCUT2D eigenvalue weighted by Crippen LogP contribution is -2.12. The number of para-hydroxylation sites is 1. The van der Waals surface area contributed by atoms with Crippen molar-refractivity contribution in [1.82, 2.24) is 9.99 Å². The quantitative estimate of drug-likeness (QED) is 0.593. The molecule has 5 nitrogen and oxygen atoms in total. The Morgan fingerprint density at radius 1 is 1.25 bits per heavy atom. The average molecular weight is 316 g/mol. The number of nitriles is 1. The van der Waals surface area contributed by atoms with Crippen LogP contribution in [-0.4, -0.2) is 16.7 Å². The highest BCUT2D eigenvalue weighted by atomic mass is 16.2. The first-order chi connectivity index (χ1) is 11.7. The Morgan fingerprint density at radius 3 is 2.79 bits per heavy atom. The van der Waals surface area contributed by atoms with Gasteiger partial charge in [0.1, 0.15) is 0 Å². The molecule has 24 heavy (non-hydrogen) atoms. The molecule has 3 rings (SSSR count). The number of aromatic nitrogens is 1. The minimum Gasteiger partial charge on any atom is -0.342 e. The number of amides is 1. The average Bonchev–Trinajstić information content (AvgIpc) is 2.93. The monoisotopic (exact) mass is 316 g/mol. The van der Waals surface area contributed by atoms with E-state index in [1.165, 1.54) is 6.92 Å². The lowest BCUT2D eigenvalue weighted by atomic mass is 10.1. The van der Waals surface area contributed by atoms with Crippen LogP contribution in [0.3, 0.4) is 0 Å². The summed E-state index contributed by atoms with van der Waals surface area (Å²) < 4.78 is 2.08. The van der Waals surface area contributed by atoms with Gasteiger partial charge in [-0.15, -0.1) is 0 Å². The SMILES string of the molecule is CC(=O)NN=Cc1cn(Cc2ccccc2C#N)c2ccccc12. The lowest BCUT2D eigenvalue weighted by molar-refractivity contribution is -0.118. The first-order valence-electron chi connectivity index (χ1n) is 7.54. The van der Waals surface area contributed by atoms with Gasteiger partial charge >= 0.3 is 0 Å². The third kappa shape index (κ3) is 3.18. The molecule has 0 spiro atoms. The van der Waals surface area contributed by atoms with Crippen LogP contribution in [0, 0.1) is 11.3 Å². The van der Waals surface area contributed by atoms with Crippen LogP contribution in [0.25, 0.3) is 10.9 Å². The van der Waals surface area contributed by atoms with Crippen LogP contribution in [0.15, 0.2) is 59.8 Å². The van der Waals surface area contributed by atoms with Gasteiger partial charge in [0.15, 0.2) is 0 Å². The molecule has 0 unspecified atom stereocenters. The molecule has 0 bridgehead atoms. The van der Waals surface area contributed by atoms with Crippen LogP contribution >= 0.6 is 0 Å². The summed E-state index contributed by atoms with van der Waals surface area (Å²) in [5, 5.41) is 14.3. The smallest absolute Gasteiger partial charge is 0.236 e. The van der Waals surface area contributed by atoms with E-state index in [0.29, 0.717) is 12.1 Å². The highest BCUT2D eigenvalue weighted by molar-refractivity contribution is 5.99. The largest absolute Gasteiger partial charge is 0.342 e. The fraction of sp³-hybridized carbons (Fsp3) is 0.105. The van der Waals surface area contributed by atoms with Gasteiger partial charge < -0.3 is 4.57 Å². The number of nitrogens with zero attached hydrogens (tertiary/aromatic N) is 3. The maximum atomic E-state index is 11.0. The molecule has 0 aliphatic carbocycles. The van der Waals surface area contributed by atoms with E-state index in [1.807, 2.05) is 54.7 Å². The van der Waals surface area contributed by atoms with Crippen molar-refractivity contribution in [2.24, 2.45) is 5.10 Å². The zero-order chi connectivity index (χ0) is 16.9. The van der Waals surface area contributed by atoms with Gasteiger partial charge in [-0.1, -0.05) is 36.4 Å². The Hall–Kier alpha value is -3.39. The molecule has 0 saturated carbocycles. The van der Waals surface area contributed by atoms with Crippen molar-refractivity contribution in [3.8, 4) is 6.07 Å². The molecule has 0 saturated heterocycles. The fourth-order valence-corrected chi connectivity index (χ4v) is 2.65. The van der Waals surface area contributed by atoms with Crippen LogP contribution < -0.4 is 5.43 Å². The molecule has 3 aromatic rings. The second-order valence-electron chi connectivity index (χ2n) is 5.42. The number of nitrogens with one attached hydrogen (secondary N) is 1. The van der Waals surface area contributed by atoms with E-state index in [1.54, 1.807) is 6.21 Å². The van der Waals surface area contributed by atoms with E-state index in [-0.39, 0.29) is 5.91 Å². The predicted molar refractivity (Wildman–Crippen MR) is 93.6 cm³/mol. The van der Waals surface area contributed by atoms with Crippen molar-refractivity contribution < 1.29 is 4.79 Å². The Balaban J connectivity index is 2.01. The van der Waals surface area contributed by atoms with Gasteiger partial charge in [-0.05, 0) is 17.7 Å². The van der Waals surface area contributed by atoms with Crippen molar-refractivity contribution in [1.29, 1.82) is 5.26 Å². The van der Waals surface area contributed by atoms with Crippen molar-refractivity contribution in [3.05, 3.63) is 71.4 Å². The maximum absolute atomic E-state index is 11.0. The molecule has 1 heterocycles. The molecular formula is C19H16N4O. The summed E-state index contributed by atoms with van der Waals surface area (Å²) in [5.41, 5.74) is 6.01. The van der Waals surface area contributed by atoms with Crippen LogP contribution in [0.4, 0.5) is 0 Å². The van der Waals surface area contributed by atoms with E-state index in [4.69, 9.17) is 0 Å². The number of hydrogen-bond donors (Lipinski definition) is 1. The van der Waals surface area contributed by atoms with E-state index in [9.17, 15) is 10.1 Å². The normalized spacial score (nSPS) is 10.8. The van der Waals surface area contributed by atoms with Gasteiger partial charge in [-0.25, -0.2) is 5.43 Å². The van der Waals surface area contributed by atoms with Crippen LogP contribution in [0.5, 0.6) is 0 Å². The summed E-state index contributed by atoms with van der Waals surface area (Å²) in [5.74, 6) is -0.210. The number of hydrazone groups is 1. The summed E-state index contributed by atoms with van der Waals surface area (Å²) in [6.07, 6.45) is 3.61. The van der Waals surface area contributed by atoms with E-state index in [2.05, 4.69) is 21.2 Å². The topological polar surface area (TPSA) is 70.2 Å². The van der Waals surface area contributed by atoms with Crippen molar-refractivity contribution in [2.75, 3.05) is 0 Å². The summed E-state index contributed by atoms with van der Waals surface area (Å²) >= 11 is 0. The number of rotatable bonds is 4. The number of fused-ring (bicyclic) bond motifs is 1. The van der Waals surface area contributed by atoms with Gasteiger partial charge in [0.2, 0.25) is 5.91 Å². The Kier molecular flexibility index (Phi) is 4.39. The molecule has 0 radical (unpaired) electrons. The molecule has 2 aromatic carbocycles. The first-order valence-corrected chi connectivity index (χ1v) is 7.54. The number of hydrogen-bond acceptors (Lipinski definition) is 3. The highest BCUT2D eigenvalue weighted by Gasteiger charge is 2.09. The molecule has 1 N–H and O–H groups in total. The molecule has 0 aliphatic rings. The van der Waals surface area contributed by atoms with E-state index in [0.717, 1.165) is 22.0 Å². The fourth-order valence-electron chi connectivity index (χ4n) is 2.65. The highest BCUT2D eigenvalue weighted by Crippen LogP contribution is 2.22. The molecule has 0 atom stereocenters. The first kappa shape index (κ1) is 15.5. The van der Waals surface area contributed by atoms with E-state index < -0.39 is 0 Å². The molecule has 5 heteroatoms. The molecule has 0 aliphatic heterocycles. The number of benzene rings is 2. The summed E-state index contributed by atoms with van der Waals surface area (Å²) in [7, 11) is 0. The predicted octanol–water partition coefficient (Wildman–Crippen LogP) is 3.03. The molecule has 1 amide bonds. The standard InChI is InChI=1S/C19H16N4O/c1-14(24)22-21-11-17-13-23(19-9-5-4-8-18(17)19)12-16-7-3-2-6-15(16)10-20/h2-9,11,13H,12H2,1H3,(H,22,24). The number of carbonyl (C=O) groups excluding carboxylic acids is 1. The lowest BCUT2D eigenvalue weighted by Gasteiger charge is -2.07. The third-order valence-electron chi connectivity index (χ3n) is 3.72. The third-order valence-corrected chi connectivity index (χ3v) is 3.72. The van der Waals surface area contributed by atoms with Gasteiger partial charge in [0.25, 0.3) is 0 Å². The molecular weight excluding hydrogens is 300 g/mol.